The molecule has 2 atom stereocenters. The molecule has 1 aliphatic heterocycles. The Hall–Kier alpha value is -4.17. The molecule has 38 heavy (non-hydrogen) atoms. The largest absolute Gasteiger partial charge is 0.445 e. The number of carbonyl (C=O) groups is 2. The van der Waals surface area contributed by atoms with Crippen LogP contribution >= 0.6 is 0 Å². The van der Waals surface area contributed by atoms with E-state index in [1.807, 2.05) is 66.7 Å². The summed E-state index contributed by atoms with van der Waals surface area (Å²) >= 11 is 0. The van der Waals surface area contributed by atoms with E-state index in [2.05, 4.69) is 33.1 Å². The number of rotatable bonds is 10. The maximum Gasteiger partial charge on any atom is 0.407 e. The molecule has 0 fully saturated rings. The molecule has 8 nitrogen and oxygen atoms in total. The fraction of sp³-hybridized carbons (Fsp3) is 0.300. The minimum absolute atomic E-state index is 0.0347. The van der Waals surface area contributed by atoms with Crippen molar-refractivity contribution in [3.05, 3.63) is 101 Å². The molecule has 1 unspecified atom stereocenters. The minimum atomic E-state index is -0.431. The first-order valence-corrected chi connectivity index (χ1v) is 13.2. The van der Waals surface area contributed by atoms with Gasteiger partial charge in [-0.2, -0.15) is 0 Å². The molecule has 4 aromatic rings. The van der Waals surface area contributed by atoms with E-state index in [-0.39, 0.29) is 24.6 Å². The highest BCUT2D eigenvalue weighted by molar-refractivity contribution is 5.83. The normalized spacial score (nSPS) is 15.4. The minimum Gasteiger partial charge on any atom is -0.445 e. The predicted octanol–water partition coefficient (Wildman–Crippen LogP) is 4.53. The number of unbranched alkanes of at least 4 members (excludes halogenated alkanes) is 1. The van der Waals surface area contributed by atoms with E-state index in [0.717, 1.165) is 35.3 Å². The van der Waals surface area contributed by atoms with Crippen LogP contribution in [0.3, 0.4) is 0 Å². The number of ether oxygens (including phenoxy) is 1. The Morgan fingerprint density at radius 1 is 0.947 bits per heavy atom. The molecular weight excluding hydrogens is 478 g/mol. The van der Waals surface area contributed by atoms with Gasteiger partial charge in [0.2, 0.25) is 5.91 Å². The van der Waals surface area contributed by atoms with Gasteiger partial charge in [-0.15, -0.1) is 0 Å². The highest BCUT2D eigenvalue weighted by Gasteiger charge is 2.27. The van der Waals surface area contributed by atoms with Crippen LogP contribution in [0.25, 0.3) is 11.0 Å². The second kappa shape index (κ2) is 12.4. The lowest BCUT2D eigenvalue weighted by molar-refractivity contribution is -0.124. The summed E-state index contributed by atoms with van der Waals surface area (Å²) in [5.41, 5.74) is 5.20. The highest BCUT2D eigenvalue weighted by atomic mass is 16.5. The molecule has 0 bridgehead atoms. The molecule has 4 N–H and O–H groups in total. The number of nitrogens with one attached hydrogen (secondary N) is 4. The molecule has 0 saturated heterocycles. The van der Waals surface area contributed by atoms with Crippen molar-refractivity contribution < 1.29 is 14.3 Å². The summed E-state index contributed by atoms with van der Waals surface area (Å²) in [4.78, 5) is 33.4. The molecule has 0 aliphatic carbocycles. The van der Waals surface area contributed by atoms with Crippen molar-refractivity contribution in [1.29, 1.82) is 0 Å². The number of H-pyrrole nitrogens is 1. The van der Waals surface area contributed by atoms with Crippen molar-refractivity contribution in [2.75, 3.05) is 6.54 Å². The average molecular weight is 512 g/mol. The van der Waals surface area contributed by atoms with Gasteiger partial charge in [0.25, 0.3) is 0 Å². The predicted molar refractivity (Wildman–Crippen MR) is 146 cm³/mol. The Bertz CT molecular complexity index is 1340. The number of imidazole rings is 1. The van der Waals surface area contributed by atoms with Crippen LogP contribution in [0, 0.1) is 0 Å². The summed E-state index contributed by atoms with van der Waals surface area (Å²) in [6, 6.07) is 25.1. The van der Waals surface area contributed by atoms with Crippen LogP contribution in [0.2, 0.25) is 0 Å². The van der Waals surface area contributed by atoms with Crippen LogP contribution in [-0.4, -0.2) is 34.6 Å². The molecule has 3 aromatic carbocycles. The van der Waals surface area contributed by atoms with Crippen LogP contribution in [0.5, 0.6) is 0 Å². The number of alkyl carbamates (subject to hydrolysis) is 1. The topological polar surface area (TPSA) is 108 Å². The summed E-state index contributed by atoms with van der Waals surface area (Å²) in [5, 5.41) is 9.40. The number of nitrogens with zero attached hydrogens (tertiary/aromatic N) is 1. The molecule has 1 aliphatic rings. The molecule has 196 valence electrons. The van der Waals surface area contributed by atoms with E-state index in [4.69, 9.17) is 9.72 Å². The van der Waals surface area contributed by atoms with Gasteiger partial charge in [-0.05, 0) is 54.5 Å². The zero-order valence-corrected chi connectivity index (χ0v) is 21.3. The van der Waals surface area contributed by atoms with Gasteiger partial charge in [0.1, 0.15) is 12.4 Å². The van der Waals surface area contributed by atoms with E-state index in [0.29, 0.717) is 25.9 Å². The maximum atomic E-state index is 13.3. The summed E-state index contributed by atoms with van der Waals surface area (Å²) in [5.74, 6) is 0.707. The van der Waals surface area contributed by atoms with Gasteiger partial charge in [-0.25, -0.2) is 9.78 Å². The quantitative estimate of drug-likeness (QED) is 0.234. The van der Waals surface area contributed by atoms with E-state index in [1.165, 1.54) is 11.1 Å². The zero-order valence-electron chi connectivity index (χ0n) is 21.3. The fourth-order valence-corrected chi connectivity index (χ4v) is 4.76. The van der Waals surface area contributed by atoms with Crippen molar-refractivity contribution in [3.8, 4) is 0 Å². The van der Waals surface area contributed by atoms with Crippen molar-refractivity contribution in [2.24, 2.45) is 0 Å². The second-order valence-electron chi connectivity index (χ2n) is 9.59. The van der Waals surface area contributed by atoms with E-state index < -0.39 is 6.09 Å². The van der Waals surface area contributed by atoms with Gasteiger partial charge in [-0.3, -0.25) is 4.79 Å². The SMILES string of the molecule is O=C(NCCCC[C@@H](NC(=O)C1Cc2ccccc2CN1)c1nc2ccccc2[nH]1)OCc1ccccc1. The maximum absolute atomic E-state index is 13.3. The number of para-hydroxylation sites is 2. The number of amides is 2. The lowest BCUT2D eigenvalue weighted by atomic mass is 9.95. The molecule has 2 heterocycles. The Kier molecular flexibility index (Phi) is 8.30. The Morgan fingerprint density at radius 3 is 2.55 bits per heavy atom. The standard InChI is InChI=1S/C30H33N5O3/c36-29(27-18-22-12-4-5-13-23(22)19-32-27)35-26(28-33-24-14-6-7-15-25(24)34-28)16-8-9-17-31-30(37)38-20-21-10-2-1-3-11-21/h1-7,10-15,26-27,32H,8-9,16-20H2,(H,31,37)(H,33,34)(H,35,36)/t26-,27?/m1/s1. The first-order valence-electron chi connectivity index (χ1n) is 13.2. The third-order valence-electron chi connectivity index (χ3n) is 6.85. The van der Waals surface area contributed by atoms with Crippen LogP contribution < -0.4 is 16.0 Å². The first kappa shape index (κ1) is 25.5. The number of benzene rings is 3. The summed E-state index contributed by atoms with van der Waals surface area (Å²) in [6.07, 6.45) is 2.46. The molecule has 5 rings (SSSR count). The number of aromatic amines is 1. The van der Waals surface area contributed by atoms with Gasteiger partial charge < -0.3 is 25.7 Å². The molecule has 0 saturated carbocycles. The van der Waals surface area contributed by atoms with Gasteiger partial charge in [0.15, 0.2) is 0 Å². The third kappa shape index (κ3) is 6.58. The number of hydrogen-bond acceptors (Lipinski definition) is 5. The third-order valence-corrected chi connectivity index (χ3v) is 6.85. The number of carbonyl (C=O) groups excluding carboxylic acids is 2. The summed E-state index contributed by atoms with van der Waals surface area (Å²) in [7, 11) is 0. The molecule has 2 amide bonds. The van der Waals surface area contributed by atoms with Crippen LogP contribution in [0.1, 0.15) is 47.8 Å². The number of aromatic nitrogens is 2. The van der Waals surface area contributed by atoms with Gasteiger partial charge >= 0.3 is 6.09 Å². The molecule has 1 aromatic heterocycles. The molecule has 0 spiro atoms. The van der Waals surface area contributed by atoms with E-state index in [9.17, 15) is 9.59 Å². The molecule has 0 radical (unpaired) electrons. The number of fused-ring (bicyclic) bond motifs is 2. The molecular formula is C30H33N5O3. The monoisotopic (exact) mass is 511 g/mol. The van der Waals surface area contributed by atoms with Crippen LogP contribution in [0.4, 0.5) is 4.79 Å². The average Bonchev–Trinajstić information content (AvgIpc) is 3.40. The van der Waals surface area contributed by atoms with E-state index >= 15 is 0 Å². The van der Waals surface area contributed by atoms with Crippen LogP contribution in [-0.2, 0) is 29.1 Å². The van der Waals surface area contributed by atoms with Crippen molar-refractivity contribution >= 4 is 23.0 Å². The van der Waals surface area contributed by atoms with Crippen molar-refractivity contribution in [3.63, 3.8) is 0 Å². The van der Waals surface area contributed by atoms with Crippen molar-refractivity contribution in [2.45, 2.75) is 50.9 Å². The van der Waals surface area contributed by atoms with Crippen LogP contribution in [0.15, 0.2) is 78.9 Å². The van der Waals surface area contributed by atoms with Gasteiger partial charge in [-0.1, -0.05) is 66.7 Å². The lowest BCUT2D eigenvalue weighted by Crippen LogP contribution is -2.48. The Morgan fingerprint density at radius 2 is 1.71 bits per heavy atom. The smallest absolute Gasteiger partial charge is 0.407 e. The van der Waals surface area contributed by atoms with Crippen molar-refractivity contribution in [1.82, 2.24) is 25.9 Å². The summed E-state index contributed by atoms with van der Waals surface area (Å²) in [6.45, 7) is 1.41. The lowest BCUT2D eigenvalue weighted by Gasteiger charge is -2.27. The second-order valence-corrected chi connectivity index (χ2v) is 9.59. The highest BCUT2D eigenvalue weighted by Crippen LogP contribution is 2.22. The molecule has 8 heteroatoms. The number of hydrogen-bond donors (Lipinski definition) is 4. The first-order chi connectivity index (χ1) is 18.7. The summed E-state index contributed by atoms with van der Waals surface area (Å²) < 4.78 is 5.27. The Labute approximate surface area is 222 Å². The van der Waals surface area contributed by atoms with E-state index in [1.54, 1.807) is 0 Å². The van der Waals surface area contributed by atoms with Gasteiger partial charge in [0, 0.05) is 13.1 Å². The Balaban J connectivity index is 1.15. The zero-order chi connectivity index (χ0) is 26.2. The van der Waals surface area contributed by atoms with Gasteiger partial charge in [0.05, 0.1) is 23.1 Å². The fourth-order valence-electron chi connectivity index (χ4n) is 4.76.